The summed E-state index contributed by atoms with van der Waals surface area (Å²) in [5, 5.41) is 2.01. The molecule has 0 saturated carbocycles. The maximum atomic E-state index is 11.1. The van der Waals surface area contributed by atoms with Crippen LogP contribution in [0.15, 0.2) is 10.9 Å². The summed E-state index contributed by atoms with van der Waals surface area (Å²) in [4.78, 5) is 17.3. The third-order valence-corrected chi connectivity index (χ3v) is 2.55. The lowest BCUT2D eigenvalue weighted by molar-refractivity contribution is -0.143. The van der Waals surface area contributed by atoms with Crippen LogP contribution in [0.5, 0.6) is 0 Å². The van der Waals surface area contributed by atoms with Crippen LogP contribution < -0.4 is 0 Å². The number of hydrogen-bond donors (Lipinski definition) is 0. The number of thiazole rings is 1. The van der Waals surface area contributed by atoms with Gasteiger partial charge in [0.15, 0.2) is 0 Å². The summed E-state index contributed by atoms with van der Waals surface area (Å²) in [7, 11) is 1.97. The summed E-state index contributed by atoms with van der Waals surface area (Å²) in [5.41, 5.74) is 2.86. The van der Waals surface area contributed by atoms with Crippen molar-refractivity contribution < 1.29 is 9.53 Å². The third kappa shape index (κ3) is 4.90. The molecule has 0 aliphatic carbocycles. The number of esters is 1. The summed E-state index contributed by atoms with van der Waals surface area (Å²) in [6.07, 6.45) is 0.439. The molecule has 1 aromatic heterocycles. The lowest BCUT2D eigenvalue weighted by Crippen LogP contribution is -2.22. The number of ether oxygens (including phenoxy) is 1. The summed E-state index contributed by atoms with van der Waals surface area (Å²) in [5.74, 6) is -0.136. The minimum atomic E-state index is -0.136. The zero-order chi connectivity index (χ0) is 11.1. The molecule has 0 bridgehead atoms. The van der Waals surface area contributed by atoms with Gasteiger partial charge in [0.1, 0.15) is 0 Å². The molecule has 0 unspecified atom stereocenters. The molecule has 0 aliphatic rings. The second-order valence-corrected chi connectivity index (χ2v) is 3.99. The quantitative estimate of drug-likeness (QED) is 0.692. The second kappa shape index (κ2) is 6.53. The molecule has 0 aliphatic heterocycles. The van der Waals surface area contributed by atoms with E-state index < -0.39 is 0 Å². The smallest absolute Gasteiger partial charge is 0.307 e. The third-order valence-electron chi connectivity index (χ3n) is 1.92. The van der Waals surface area contributed by atoms with Crippen LogP contribution in [0.25, 0.3) is 0 Å². The molecular formula is C10H16N2O2S. The van der Waals surface area contributed by atoms with Gasteiger partial charge in [0, 0.05) is 18.5 Å². The van der Waals surface area contributed by atoms with Crippen LogP contribution in [-0.4, -0.2) is 36.1 Å². The summed E-state index contributed by atoms with van der Waals surface area (Å²) in [6.45, 7) is 3.75. The predicted molar refractivity (Wildman–Crippen MR) is 59.7 cm³/mol. The summed E-state index contributed by atoms with van der Waals surface area (Å²) in [6, 6.07) is 0. The van der Waals surface area contributed by atoms with Gasteiger partial charge in [0.05, 0.1) is 24.2 Å². The van der Waals surface area contributed by atoms with Gasteiger partial charge in [0.2, 0.25) is 0 Å². The SMILES string of the molecule is CCOC(=O)CCN(C)Cc1cscn1. The molecule has 4 nitrogen and oxygen atoms in total. The van der Waals surface area contributed by atoms with E-state index in [1.165, 1.54) is 0 Å². The molecule has 0 aromatic carbocycles. The van der Waals surface area contributed by atoms with Gasteiger partial charge in [-0.1, -0.05) is 0 Å². The Hall–Kier alpha value is -0.940. The fraction of sp³-hybridized carbons (Fsp3) is 0.600. The molecule has 0 radical (unpaired) electrons. The van der Waals surface area contributed by atoms with E-state index in [4.69, 9.17) is 4.74 Å². The number of hydrogen-bond acceptors (Lipinski definition) is 5. The van der Waals surface area contributed by atoms with Crippen molar-refractivity contribution in [3.63, 3.8) is 0 Å². The minimum Gasteiger partial charge on any atom is -0.466 e. The maximum absolute atomic E-state index is 11.1. The molecule has 0 spiro atoms. The Kier molecular flexibility index (Phi) is 5.28. The first kappa shape index (κ1) is 12.1. The average Bonchev–Trinajstić information content (AvgIpc) is 2.68. The Labute approximate surface area is 93.9 Å². The van der Waals surface area contributed by atoms with Crippen molar-refractivity contribution >= 4 is 17.3 Å². The molecule has 0 saturated heterocycles. The van der Waals surface area contributed by atoms with Crippen LogP contribution in [0.1, 0.15) is 19.0 Å². The van der Waals surface area contributed by atoms with Gasteiger partial charge in [-0.25, -0.2) is 4.98 Å². The van der Waals surface area contributed by atoms with Gasteiger partial charge < -0.3 is 4.74 Å². The minimum absolute atomic E-state index is 0.136. The number of carbonyl (C=O) groups is 1. The Balaban J connectivity index is 2.19. The molecule has 0 N–H and O–H groups in total. The Morgan fingerprint density at radius 1 is 1.67 bits per heavy atom. The van der Waals surface area contributed by atoms with Crippen molar-refractivity contribution in [2.45, 2.75) is 19.9 Å². The van der Waals surface area contributed by atoms with Crippen LogP contribution in [0, 0.1) is 0 Å². The summed E-state index contributed by atoms with van der Waals surface area (Å²) >= 11 is 1.58. The average molecular weight is 228 g/mol. The molecule has 0 fully saturated rings. The molecule has 5 heteroatoms. The summed E-state index contributed by atoms with van der Waals surface area (Å²) < 4.78 is 4.85. The molecule has 1 heterocycles. The Morgan fingerprint density at radius 3 is 3.07 bits per heavy atom. The van der Waals surface area contributed by atoms with Gasteiger partial charge in [-0.05, 0) is 14.0 Å². The first-order chi connectivity index (χ1) is 7.22. The number of nitrogens with zero attached hydrogens (tertiary/aromatic N) is 2. The second-order valence-electron chi connectivity index (χ2n) is 3.27. The van der Waals surface area contributed by atoms with Crippen molar-refractivity contribution in [2.24, 2.45) is 0 Å². The Bertz CT molecular complexity index is 288. The zero-order valence-corrected chi connectivity index (χ0v) is 9.92. The highest BCUT2D eigenvalue weighted by atomic mass is 32.1. The van der Waals surface area contributed by atoms with Crippen molar-refractivity contribution in [3.8, 4) is 0 Å². The molecule has 0 atom stereocenters. The van der Waals surface area contributed by atoms with E-state index in [9.17, 15) is 4.79 Å². The van der Waals surface area contributed by atoms with Crippen LogP contribution in [0.3, 0.4) is 0 Å². The fourth-order valence-corrected chi connectivity index (χ4v) is 1.74. The van der Waals surface area contributed by atoms with Crippen LogP contribution in [0.4, 0.5) is 0 Å². The van der Waals surface area contributed by atoms with E-state index in [0.29, 0.717) is 19.6 Å². The van der Waals surface area contributed by atoms with Crippen molar-refractivity contribution in [1.29, 1.82) is 0 Å². The predicted octanol–water partition coefficient (Wildman–Crippen LogP) is 1.53. The van der Waals surface area contributed by atoms with Crippen molar-refractivity contribution in [2.75, 3.05) is 20.2 Å². The van der Waals surface area contributed by atoms with E-state index in [1.807, 2.05) is 24.9 Å². The first-order valence-corrected chi connectivity index (χ1v) is 5.88. The standard InChI is InChI=1S/C10H16N2O2S/c1-3-14-10(13)4-5-12(2)6-9-7-15-8-11-9/h7-8H,3-6H2,1-2H3. The fourth-order valence-electron chi connectivity index (χ4n) is 1.19. The monoisotopic (exact) mass is 228 g/mol. The van der Waals surface area contributed by atoms with E-state index in [0.717, 1.165) is 12.2 Å². The van der Waals surface area contributed by atoms with Gasteiger partial charge in [-0.2, -0.15) is 0 Å². The molecule has 1 rings (SSSR count). The first-order valence-electron chi connectivity index (χ1n) is 4.93. The number of rotatable bonds is 6. The molecule has 84 valence electrons. The van der Waals surface area contributed by atoms with Gasteiger partial charge in [-0.3, -0.25) is 9.69 Å². The zero-order valence-electron chi connectivity index (χ0n) is 9.10. The normalized spacial score (nSPS) is 10.6. The molecular weight excluding hydrogens is 212 g/mol. The van der Waals surface area contributed by atoms with Crippen molar-refractivity contribution in [3.05, 3.63) is 16.6 Å². The van der Waals surface area contributed by atoms with E-state index >= 15 is 0 Å². The van der Waals surface area contributed by atoms with Gasteiger partial charge in [-0.15, -0.1) is 11.3 Å². The lowest BCUT2D eigenvalue weighted by Gasteiger charge is -2.14. The van der Waals surface area contributed by atoms with Gasteiger partial charge >= 0.3 is 5.97 Å². The van der Waals surface area contributed by atoms with Crippen LogP contribution in [-0.2, 0) is 16.1 Å². The van der Waals surface area contributed by atoms with E-state index in [1.54, 1.807) is 11.3 Å². The topological polar surface area (TPSA) is 42.4 Å². The highest BCUT2D eigenvalue weighted by molar-refractivity contribution is 7.07. The van der Waals surface area contributed by atoms with E-state index in [-0.39, 0.29) is 5.97 Å². The molecule has 0 amide bonds. The van der Waals surface area contributed by atoms with Crippen molar-refractivity contribution in [1.82, 2.24) is 9.88 Å². The van der Waals surface area contributed by atoms with Crippen LogP contribution >= 0.6 is 11.3 Å². The van der Waals surface area contributed by atoms with Gasteiger partial charge in [0.25, 0.3) is 0 Å². The van der Waals surface area contributed by atoms with E-state index in [2.05, 4.69) is 9.88 Å². The highest BCUT2D eigenvalue weighted by Crippen LogP contribution is 2.04. The van der Waals surface area contributed by atoms with Crippen LogP contribution in [0.2, 0.25) is 0 Å². The lowest BCUT2D eigenvalue weighted by atomic mass is 10.3. The molecule has 15 heavy (non-hydrogen) atoms. The Morgan fingerprint density at radius 2 is 2.47 bits per heavy atom. The number of aromatic nitrogens is 1. The number of carbonyl (C=O) groups excluding carboxylic acids is 1. The molecule has 1 aromatic rings. The highest BCUT2D eigenvalue weighted by Gasteiger charge is 2.06. The largest absolute Gasteiger partial charge is 0.466 e. The maximum Gasteiger partial charge on any atom is 0.307 e.